The molecule has 1 nitrogen and oxygen atoms in total. The molecule has 1 aliphatic carbocycles. The molecule has 0 atom stereocenters. The van der Waals surface area contributed by atoms with Crippen LogP contribution >= 0.6 is 0 Å². The Kier molecular flexibility index (Phi) is 3.33. The van der Waals surface area contributed by atoms with Gasteiger partial charge >= 0.3 is 0 Å². The van der Waals surface area contributed by atoms with Crippen molar-refractivity contribution in [3.05, 3.63) is 11.6 Å². The number of aliphatic hydroxyl groups is 1. The van der Waals surface area contributed by atoms with Crippen LogP contribution in [0, 0.1) is 5.41 Å². The van der Waals surface area contributed by atoms with Gasteiger partial charge < -0.3 is 5.11 Å². The van der Waals surface area contributed by atoms with Crippen molar-refractivity contribution in [2.24, 2.45) is 5.41 Å². The van der Waals surface area contributed by atoms with Crippen molar-refractivity contribution in [3.63, 3.8) is 0 Å². The SMILES string of the molecule is CC(C)=CCC1(CCO)CCC1. The van der Waals surface area contributed by atoms with Gasteiger partial charge in [-0.05, 0) is 44.9 Å². The first-order chi connectivity index (χ1) is 5.68. The normalized spacial score (nSPS) is 19.9. The highest BCUT2D eigenvalue weighted by atomic mass is 16.3. The molecule has 1 aliphatic rings. The molecular formula is C11H20O. The average Bonchev–Trinajstić information content (AvgIpc) is 1.94. The van der Waals surface area contributed by atoms with Gasteiger partial charge in [-0.3, -0.25) is 0 Å². The smallest absolute Gasteiger partial charge is 0.0436 e. The summed E-state index contributed by atoms with van der Waals surface area (Å²) in [7, 11) is 0. The summed E-state index contributed by atoms with van der Waals surface area (Å²) in [5.41, 5.74) is 1.88. The molecule has 1 rings (SSSR count). The van der Waals surface area contributed by atoms with Crippen molar-refractivity contribution in [1.29, 1.82) is 0 Å². The van der Waals surface area contributed by atoms with Crippen molar-refractivity contribution in [1.82, 2.24) is 0 Å². The summed E-state index contributed by atoms with van der Waals surface area (Å²) < 4.78 is 0. The third-order valence-corrected chi connectivity index (χ3v) is 3.00. The number of hydrogen-bond acceptors (Lipinski definition) is 1. The molecule has 0 heterocycles. The molecule has 12 heavy (non-hydrogen) atoms. The van der Waals surface area contributed by atoms with Gasteiger partial charge in [0.15, 0.2) is 0 Å². The monoisotopic (exact) mass is 168 g/mol. The number of hydrogen-bond donors (Lipinski definition) is 1. The van der Waals surface area contributed by atoms with Crippen molar-refractivity contribution in [2.45, 2.75) is 46.0 Å². The fourth-order valence-corrected chi connectivity index (χ4v) is 1.89. The summed E-state index contributed by atoms with van der Waals surface area (Å²) in [5, 5.41) is 8.91. The molecule has 0 aromatic carbocycles. The summed E-state index contributed by atoms with van der Waals surface area (Å²) in [4.78, 5) is 0. The standard InChI is InChI=1S/C11H20O/c1-10(2)4-7-11(8-9-12)5-3-6-11/h4,12H,3,5-9H2,1-2H3. The lowest BCUT2D eigenvalue weighted by atomic mass is 9.64. The molecule has 0 bridgehead atoms. The summed E-state index contributed by atoms with van der Waals surface area (Å²) in [6, 6.07) is 0. The van der Waals surface area contributed by atoms with Gasteiger partial charge in [-0.15, -0.1) is 0 Å². The first-order valence-electron chi connectivity index (χ1n) is 4.93. The Balaban J connectivity index is 2.39. The molecule has 1 N–H and O–H groups in total. The van der Waals surface area contributed by atoms with Crippen LogP contribution in [0.4, 0.5) is 0 Å². The zero-order chi connectivity index (χ0) is 9.03. The van der Waals surface area contributed by atoms with E-state index in [1.54, 1.807) is 0 Å². The molecule has 70 valence electrons. The second kappa shape index (κ2) is 4.08. The Morgan fingerprint density at radius 1 is 1.42 bits per heavy atom. The highest BCUT2D eigenvalue weighted by molar-refractivity contribution is 5.00. The van der Waals surface area contributed by atoms with E-state index < -0.39 is 0 Å². The second-order valence-electron chi connectivity index (χ2n) is 4.31. The predicted molar refractivity (Wildman–Crippen MR) is 52.0 cm³/mol. The van der Waals surface area contributed by atoms with Gasteiger partial charge in [0.05, 0.1) is 0 Å². The largest absolute Gasteiger partial charge is 0.396 e. The number of allylic oxidation sites excluding steroid dienone is 2. The summed E-state index contributed by atoms with van der Waals surface area (Å²) >= 11 is 0. The van der Waals surface area contributed by atoms with E-state index in [2.05, 4.69) is 19.9 Å². The highest BCUT2D eigenvalue weighted by Crippen LogP contribution is 2.47. The first kappa shape index (κ1) is 9.79. The minimum atomic E-state index is 0.358. The molecule has 0 amide bonds. The van der Waals surface area contributed by atoms with E-state index in [9.17, 15) is 0 Å². The first-order valence-corrected chi connectivity index (χ1v) is 4.93. The van der Waals surface area contributed by atoms with Gasteiger partial charge in [-0.1, -0.05) is 18.1 Å². The molecule has 0 unspecified atom stereocenters. The fourth-order valence-electron chi connectivity index (χ4n) is 1.89. The zero-order valence-corrected chi connectivity index (χ0v) is 8.27. The van der Waals surface area contributed by atoms with Crippen molar-refractivity contribution in [2.75, 3.05) is 6.61 Å². The molecule has 0 aromatic rings. The molecule has 1 saturated carbocycles. The lowest BCUT2D eigenvalue weighted by Crippen LogP contribution is -2.29. The van der Waals surface area contributed by atoms with Crippen LogP contribution in [0.25, 0.3) is 0 Å². The Hall–Kier alpha value is -0.300. The van der Waals surface area contributed by atoms with Gasteiger partial charge in [0, 0.05) is 6.61 Å². The van der Waals surface area contributed by atoms with Crippen LogP contribution in [-0.4, -0.2) is 11.7 Å². The molecule has 0 aliphatic heterocycles. The molecule has 0 saturated heterocycles. The van der Waals surface area contributed by atoms with Crippen LogP contribution in [0.5, 0.6) is 0 Å². The van der Waals surface area contributed by atoms with Crippen LogP contribution in [-0.2, 0) is 0 Å². The Morgan fingerprint density at radius 2 is 2.08 bits per heavy atom. The number of aliphatic hydroxyl groups excluding tert-OH is 1. The quantitative estimate of drug-likeness (QED) is 0.640. The maximum Gasteiger partial charge on any atom is 0.0436 e. The number of rotatable bonds is 4. The van der Waals surface area contributed by atoms with Gasteiger partial charge in [-0.2, -0.15) is 0 Å². The Morgan fingerprint density at radius 3 is 2.42 bits per heavy atom. The highest BCUT2D eigenvalue weighted by Gasteiger charge is 2.34. The van der Waals surface area contributed by atoms with E-state index in [1.165, 1.54) is 31.3 Å². The van der Waals surface area contributed by atoms with E-state index >= 15 is 0 Å². The summed E-state index contributed by atoms with van der Waals surface area (Å²) in [5.74, 6) is 0. The van der Waals surface area contributed by atoms with Crippen molar-refractivity contribution < 1.29 is 5.11 Å². The maximum atomic E-state index is 8.91. The molecule has 0 aromatic heterocycles. The third kappa shape index (κ3) is 2.34. The van der Waals surface area contributed by atoms with E-state index in [4.69, 9.17) is 5.11 Å². The fraction of sp³-hybridized carbons (Fsp3) is 0.818. The van der Waals surface area contributed by atoms with E-state index in [-0.39, 0.29) is 0 Å². The Bertz CT molecular complexity index is 162. The van der Waals surface area contributed by atoms with Crippen LogP contribution < -0.4 is 0 Å². The molecule has 1 heteroatoms. The molecule has 0 radical (unpaired) electrons. The zero-order valence-electron chi connectivity index (χ0n) is 8.27. The van der Waals surface area contributed by atoms with Gasteiger partial charge in [-0.25, -0.2) is 0 Å². The molecule has 0 spiro atoms. The summed E-state index contributed by atoms with van der Waals surface area (Å²) in [6.07, 6.45) is 8.48. The van der Waals surface area contributed by atoms with Crippen molar-refractivity contribution in [3.8, 4) is 0 Å². The lowest BCUT2D eigenvalue weighted by Gasteiger charge is -2.41. The van der Waals surface area contributed by atoms with Crippen LogP contribution in [0.15, 0.2) is 11.6 Å². The van der Waals surface area contributed by atoms with Gasteiger partial charge in [0.1, 0.15) is 0 Å². The minimum Gasteiger partial charge on any atom is -0.396 e. The van der Waals surface area contributed by atoms with Gasteiger partial charge in [0.2, 0.25) is 0 Å². The maximum absolute atomic E-state index is 8.91. The van der Waals surface area contributed by atoms with Crippen LogP contribution in [0.2, 0.25) is 0 Å². The lowest BCUT2D eigenvalue weighted by molar-refractivity contribution is 0.0905. The van der Waals surface area contributed by atoms with Crippen LogP contribution in [0.1, 0.15) is 46.0 Å². The topological polar surface area (TPSA) is 20.2 Å². The summed E-state index contributed by atoms with van der Waals surface area (Å²) in [6.45, 7) is 4.65. The molecular weight excluding hydrogens is 148 g/mol. The Labute approximate surface area is 75.5 Å². The van der Waals surface area contributed by atoms with Gasteiger partial charge in [0.25, 0.3) is 0 Å². The van der Waals surface area contributed by atoms with Crippen molar-refractivity contribution >= 4 is 0 Å². The van der Waals surface area contributed by atoms with E-state index in [0.29, 0.717) is 12.0 Å². The minimum absolute atomic E-state index is 0.358. The third-order valence-electron chi connectivity index (χ3n) is 3.00. The second-order valence-corrected chi connectivity index (χ2v) is 4.31. The molecule has 1 fully saturated rings. The van der Waals surface area contributed by atoms with Crippen LogP contribution in [0.3, 0.4) is 0 Å². The van der Waals surface area contributed by atoms with E-state index in [0.717, 1.165) is 6.42 Å². The average molecular weight is 168 g/mol. The van der Waals surface area contributed by atoms with E-state index in [1.807, 2.05) is 0 Å². The predicted octanol–water partition coefficient (Wildman–Crippen LogP) is 2.90.